The van der Waals surface area contributed by atoms with Crippen molar-refractivity contribution in [2.75, 3.05) is 0 Å². The van der Waals surface area contributed by atoms with Crippen molar-refractivity contribution in [2.45, 2.75) is 39.0 Å². The molecule has 2 nitrogen and oxygen atoms in total. The molecule has 0 radical (unpaired) electrons. The Hall–Kier alpha value is -1.83. The summed E-state index contributed by atoms with van der Waals surface area (Å²) in [6.07, 6.45) is 3.23. The molecule has 0 atom stereocenters. The van der Waals surface area contributed by atoms with E-state index >= 15 is 0 Å². The Bertz CT molecular complexity index is 538. The fourth-order valence-corrected chi connectivity index (χ4v) is 2.10. The van der Waals surface area contributed by atoms with Gasteiger partial charge in [0.25, 0.3) is 0 Å². The Kier molecular flexibility index (Phi) is 3.89. The normalized spacial score (nSPS) is 11.5. The number of hydrogen-bond acceptors (Lipinski definition) is 1. The minimum atomic E-state index is 0.190. The number of nitrogens with zero attached hydrogens (tertiary/aromatic N) is 1. The molecule has 19 heavy (non-hydrogen) atoms. The van der Waals surface area contributed by atoms with E-state index in [9.17, 15) is 5.21 Å². The third-order valence-electron chi connectivity index (χ3n) is 3.39. The molecule has 100 valence electrons. The number of aryl methyl sites for hydroxylation is 2. The molecule has 2 rings (SSSR count). The highest BCUT2D eigenvalue weighted by Gasteiger charge is 2.13. The summed E-state index contributed by atoms with van der Waals surface area (Å²) in [5.41, 5.74) is 3.63. The van der Waals surface area contributed by atoms with E-state index in [4.69, 9.17) is 0 Å². The van der Waals surface area contributed by atoms with Crippen molar-refractivity contribution in [1.29, 1.82) is 0 Å². The van der Waals surface area contributed by atoms with Gasteiger partial charge in [-0.1, -0.05) is 51.1 Å². The summed E-state index contributed by atoms with van der Waals surface area (Å²) < 4.78 is 0.948. The van der Waals surface area contributed by atoms with Crippen LogP contribution >= 0.6 is 0 Å². The first-order valence-corrected chi connectivity index (χ1v) is 6.73. The number of benzene rings is 1. The summed E-state index contributed by atoms with van der Waals surface area (Å²) in [4.78, 5) is 0. The SMILES string of the molecule is CC(C)(C)c1ccc(CCc2cccc[n+]2[O-])cc1. The molecule has 2 heteroatoms. The van der Waals surface area contributed by atoms with Gasteiger partial charge in [-0.3, -0.25) is 0 Å². The molecule has 0 aliphatic heterocycles. The molecule has 0 fully saturated rings. The number of hydrogen-bond donors (Lipinski definition) is 0. The van der Waals surface area contributed by atoms with Crippen LogP contribution in [-0.4, -0.2) is 0 Å². The highest BCUT2D eigenvalue weighted by Crippen LogP contribution is 2.22. The van der Waals surface area contributed by atoms with Gasteiger partial charge in [-0.05, 0) is 23.0 Å². The molecule has 0 bridgehead atoms. The second-order valence-electron chi connectivity index (χ2n) is 5.96. The van der Waals surface area contributed by atoms with Crippen LogP contribution in [0.15, 0.2) is 48.7 Å². The fraction of sp³-hybridized carbons (Fsp3) is 0.353. The van der Waals surface area contributed by atoms with Crippen molar-refractivity contribution in [1.82, 2.24) is 0 Å². The van der Waals surface area contributed by atoms with E-state index < -0.39 is 0 Å². The first-order chi connectivity index (χ1) is 8.97. The van der Waals surface area contributed by atoms with Crippen LogP contribution in [0.5, 0.6) is 0 Å². The van der Waals surface area contributed by atoms with Crippen LogP contribution < -0.4 is 4.73 Å². The average Bonchev–Trinajstić information content (AvgIpc) is 2.37. The predicted molar refractivity (Wildman–Crippen MR) is 78.0 cm³/mol. The third kappa shape index (κ3) is 3.57. The van der Waals surface area contributed by atoms with Crippen LogP contribution in [0, 0.1) is 5.21 Å². The van der Waals surface area contributed by atoms with Crippen molar-refractivity contribution in [2.24, 2.45) is 0 Å². The van der Waals surface area contributed by atoms with E-state index in [0.29, 0.717) is 0 Å². The maximum atomic E-state index is 11.5. The zero-order valence-electron chi connectivity index (χ0n) is 11.9. The van der Waals surface area contributed by atoms with Gasteiger partial charge in [0.05, 0.1) is 0 Å². The predicted octanol–water partition coefficient (Wildman–Crippen LogP) is 3.40. The van der Waals surface area contributed by atoms with Crippen LogP contribution in [-0.2, 0) is 18.3 Å². The Morgan fingerprint density at radius 1 is 0.947 bits per heavy atom. The van der Waals surface area contributed by atoms with E-state index in [1.807, 2.05) is 12.1 Å². The standard InChI is InChI=1S/C17H21NO/c1-17(2,3)15-10-7-14(8-11-15)9-12-16-6-4-5-13-18(16)19/h4-8,10-11,13H,9,12H2,1-3H3. The van der Waals surface area contributed by atoms with Gasteiger partial charge in [-0.25, -0.2) is 0 Å². The van der Waals surface area contributed by atoms with E-state index in [2.05, 4.69) is 45.0 Å². The Morgan fingerprint density at radius 2 is 1.63 bits per heavy atom. The summed E-state index contributed by atoms with van der Waals surface area (Å²) in [6, 6.07) is 14.3. The molecule has 0 saturated carbocycles. The molecule has 0 aliphatic carbocycles. The third-order valence-corrected chi connectivity index (χ3v) is 3.39. The van der Waals surface area contributed by atoms with Gasteiger partial charge in [-0.2, -0.15) is 4.73 Å². The van der Waals surface area contributed by atoms with Gasteiger partial charge < -0.3 is 5.21 Å². The van der Waals surface area contributed by atoms with Gasteiger partial charge in [-0.15, -0.1) is 0 Å². The van der Waals surface area contributed by atoms with Crippen LogP contribution in [0.25, 0.3) is 0 Å². The molecule has 2 aromatic rings. The first-order valence-electron chi connectivity index (χ1n) is 6.73. The van der Waals surface area contributed by atoms with Gasteiger partial charge in [0, 0.05) is 18.6 Å². The maximum absolute atomic E-state index is 11.5. The highest BCUT2D eigenvalue weighted by atomic mass is 16.5. The number of rotatable bonds is 3. The molecular formula is C17H21NO. The molecule has 0 N–H and O–H groups in total. The van der Waals surface area contributed by atoms with Gasteiger partial charge in [0.2, 0.25) is 0 Å². The number of pyridine rings is 1. The highest BCUT2D eigenvalue weighted by molar-refractivity contribution is 5.27. The van der Waals surface area contributed by atoms with Crippen LogP contribution in [0.3, 0.4) is 0 Å². The summed E-state index contributed by atoms with van der Waals surface area (Å²) >= 11 is 0. The Morgan fingerprint density at radius 3 is 2.21 bits per heavy atom. The van der Waals surface area contributed by atoms with Crippen molar-refractivity contribution < 1.29 is 4.73 Å². The number of aromatic nitrogens is 1. The molecule has 0 saturated heterocycles. The molecule has 0 unspecified atom stereocenters. The minimum Gasteiger partial charge on any atom is -0.619 e. The molecule has 1 aromatic heterocycles. The quantitative estimate of drug-likeness (QED) is 0.610. The van der Waals surface area contributed by atoms with Gasteiger partial charge in [0.1, 0.15) is 0 Å². The molecule has 0 spiro atoms. The Balaban J connectivity index is 2.03. The van der Waals surface area contributed by atoms with Crippen LogP contribution in [0.2, 0.25) is 0 Å². The van der Waals surface area contributed by atoms with Gasteiger partial charge in [0.15, 0.2) is 11.9 Å². The fourth-order valence-electron chi connectivity index (χ4n) is 2.10. The summed E-state index contributed by atoms with van der Waals surface area (Å²) in [7, 11) is 0. The largest absolute Gasteiger partial charge is 0.619 e. The minimum absolute atomic E-state index is 0.190. The van der Waals surface area contributed by atoms with E-state index in [1.165, 1.54) is 11.1 Å². The summed E-state index contributed by atoms with van der Waals surface area (Å²) in [6.45, 7) is 6.64. The van der Waals surface area contributed by atoms with Gasteiger partial charge >= 0.3 is 0 Å². The first kappa shape index (κ1) is 13.6. The lowest BCUT2D eigenvalue weighted by molar-refractivity contribution is -0.614. The smallest absolute Gasteiger partial charge is 0.193 e. The van der Waals surface area contributed by atoms with E-state index in [-0.39, 0.29) is 5.41 Å². The van der Waals surface area contributed by atoms with E-state index in [0.717, 1.165) is 23.3 Å². The topological polar surface area (TPSA) is 26.9 Å². The van der Waals surface area contributed by atoms with Crippen molar-refractivity contribution >= 4 is 0 Å². The molecule has 1 aromatic carbocycles. The molecule has 0 aliphatic rings. The van der Waals surface area contributed by atoms with E-state index in [1.54, 1.807) is 12.3 Å². The Labute approximate surface area is 115 Å². The summed E-state index contributed by atoms with van der Waals surface area (Å²) in [5, 5.41) is 11.5. The zero-order chi connectivity index (χ0) is 13.9. The molecular weight excluding hydrogens is 234 g/mol. The van der Waals surface area contributed by atoms with Crippen molar-refractivity contribution in [3.63, 3.8) is 0 Å². The maximum Gasteiger partial charge on any atom is 0.193 e. The zero-order valence-corrected chi connectivity index (χ0v) is 11.9. The molecule has 1 heterocycles. The second kappa shape index (κ2) is 5.43. The average molecular weight is 255 g/mol. The summed E-state index contributed by atoms with van der Waals surface area (Å²) in [5.74, 6) is 0. The monoisotopic (exact) mass is 255 g/mol. The van der Waals surface area contributed by atoms with Crippen LogP contribution in [0.4, 0.5) is 0 Å². The van der Waals surface area contributed by atoms with Crippen molar-refractivity contribution in [3.8, 4) is 0 Å². The van der Waals surface area contributed by atoms with Crippen LogP contribution in [0.1, 0.15) is 37.6 Å². The lowest BCUT2D eigenvalue weighted by Crippen LogP contribution is -2.31. The molecule has 0 amide bonds. The second-order valence-corrected chi connectivity index (χ2v) is 5.96. The lowest BCUT2D eigenvalue weighted by atomic mass is 9.86. The lowest BCUT2D eigenvalue weighted by Gasteiger charge is -2.19. The van der Waals surface area contributed by atoms with Crippen molar-refractivity contribution in [3.05, 3.63) is 70.7 Å².